The van der Waals surface area contributed by atoms with Crippen molar-refractivity contribution < 1.29 is 4.79 Å². The number of carbonyl (C=O) groups is 1. The summed E-state index contributed by atoms with van der Waals surface area (Å²) in [5, 5.41) is 2.99. The molecule has 0 aromatic heterocycles. The van der Waals surface area contributed by atoms with Gasteiger partial charge in [0.05, 0.1) is 11.4 Å². The Morgan fingerprint density at radius 2 is 1.75 bits per heavy atom. The van der Waals surface area contributed by atoms with E-state index >= 15 is 0 Å². The van der Waals surface area contributed by atoms with Gasteiger partial charge in [-0.3, -0.25) is 4.79 Å². The molecule has 1 rings (SSSR count). The first kappa shape index (κ1) is 20.3. The molecule has 0 atom stereocenters. The number of nitrogens with two attached hydrogens (primary N) is 1. The Morgan fingerprint density at radius 1 is 1.08 bits per heavy atom. The fourth-order valence-corrected chi connectivity index (χ4v) is 2.85. The van der Waals surface area contributed by atoms with Crippen molar-refractivity contribution in [3.8, 4) is 0 Å². The van der Waals surface area contributed by atoms with E-state index in [2.05, 4.69) is 54.9 Å². The van der Waals surface area contributed by atoms with Gasteiger partial charge in [-0.05, 0) is 51.1 Å². The number of nitrogen functional groups attached to an aromatic ring is 1. The van der Waals surface area contributed by atoms with Gasteiger partial charge in [-0.25, -0.2) is 0 Å². The van der Waals surface area contributed by atoms with Crippen LogP contribution >= 0.6 is 0 Å². The summed E-state index contributed by atoms with van der Waals surface area (Å²) >= 11 is 0. The van der Waals surface area contributed by atoms with Crippen LogP contribution in [0, 0.1) is 0 Å². The van der Waals surface area contributed by atoms with Crippen LogP contribution in [0.5, 0.6) is 0 Å². The minimum atomic E-state index is 0.105. The molecule has 5 nitrogen and oxygen atoms in total. The van der Waals surface area contributed by atoms with E-state index in [1.807, 2.05) is 6.07 Å². The summed E-state index contributed by atoms with van der Waals surface area (Å²) in [7, 11) is 0. The fraction of sp³-hybridized carbons (Fsp3) is 0.632. The number of benzene rings is 1. The van der Waals surface area contributed by atoms with Gasteiger partial charge in [-0.1, -0.05) is 19.9 Å². The summed E-state index contributed by atoms with van der Waals surface area (Å²) in [4.78, 5) is 16.5. The summed E-state index contributed by atoms with van der Waals surface area (Å²) in [5.74, 6) is 0.105. The number of amides is 1. The van der Waals surface area contributed by atoms with Crippen LogP contribution in [0.3, 0.4) is 0 Å². The molecule has 3 N–H and O–H groups in total. The van der Waals surface area contributed by atoms with Gasteiger partial charge in [-0.15, -0.1) is 0 Å². The number of likely N-dealkylation sites (N-methyl/N-ethyl adjacent to an activating group) is 1. The van der Waals surface area contributed by atoms with Crippen molar-refractivity contribution in [1.29, 1.82) is 0 Å². The maximum absolute atomic E-state index is 12.0. The van der Waals surface area contributed by atoms with Crippen LogP contribution in [-0.2, 0) is 11.2 Å². The highest BCUT2D eigenvalue weighted by Gasteiger charge is 2.08. The predicted molar refractivity (Wildman–Crippen MR) is 104 cm³/mol. The van der Waals surface area contributed by atoms with Crippen molar-refractivity contribution in [2.75, 3.05) is 49.9 Å². The highest BCUT2D eigenvalue weighted by Crippen LogP contribution is 2.24. The molecule has 0 unspecified atom stereocenters. The number of carbonyl (C=O) groups excluding carboxylic acids is 1. The van der Waals surface area contributed by atoms with Crippen molar-refractivity contribution in [2.24, 2.45) is 0 Å². The van der Waals surface area contributed by atoms with Gasteiger partial charge < -0.3 is 20.9 Å². The van der Waals surface area contributed by atoms with Gasteiger partial charge in [0.1, 0.15) is 0 Å². The molecule has 0 spiro atoms. The summed E-state index contributed by atoms with van der Waals surface area (Å²) in [6.07, 6.45) is 1.22. The monoisotopic (exact) mass is 334 g/mol. The molecule has 0 aliphatic carbocycles. The van der Waals surface area contributed by atoms with E-state index in [1.54, 1.807) is 0 Å². The highest BCUT2D eigenvalue weighted by molar-refractivity contribution is 5.76. The van der Waals surface area contributed by atoms with E-state index in [9.17, 15) is 4.79 Å². The molecule has 1 aromatic rings. The largest absolute Gasteiger partial charge is 0.397 e. The SMILES string of the molecule is CCN(CC)CCNC(=O)CCc1ccc(N(CC)CC)c(N)c1. The summed E-state index contributed by atoms with van der Waals surface area (Å²) in [6.45, 7) is 14.1. The Bertz CT molecular complexity index is 496. The highest BCUT2D eigenvalue weighted by atomic mass is 16.1. The molecule has 1 aromatic carbocycles. The van der Waals surface area contributed by atoms with Gasteiger partial charge in [0.15, 0.2) is 0 Å². The third-order valence-corrected chi connectivity index (χ3v) is 4.48. The van der Waals surface area contributed by atoms with E-state index in [1.165, 1.54) is 0 Å². The Hall–Kier alpha value is -1.75. The number of hydrogen-bond acceptors (Lipinski definition) is 4. The number of rotatable bonds is 11. The lowest BCUT2D eigenvalue weighted by Crippen LogP contribution is -2.34. The number of nitrogens with one attached hydrogen (secondary N) is 1. The first-order chi connectivity index (χ1) is 11.5. The molecule has 0 aliphatic rings. The minimum absolute atomic E-state index is 0.105. The van der Waals surface area contributed by atoms with Crippen LogP contribution in [0.2, 0.25) is 0 Å². The molecule has 0 heterocycles. The normalized spacial score (nSPS) is 10.9. The lowest BCUT2D eigenvalue weighted by atomic mass is 10.1. The molecule has 0 saturated carbocycles. The lowest BCUT2D eigenvalue weighted by molar-refractivity contribution is -0.121. The van der Waals surface area contributed by atoms with E-state index in [4.69, 9.17) is 5.73 Å². The zero-order valence-electron chi connectivity index (χ0n) is 15.8. The second kappa shape index (κ2) is 10.9. The second-order valence-corrected chi connectivity index (χ2v) is 5.94. The van der Waals surface area contributed by atoms with E-state index < -0.39 is 0 Å². The minimum Gasteiger partial charge on any atom is -0.397 e. The van der Waals surface area contributed by atoms with Gasteiger partial charge in [-0.2, -0.15) is 0 Å². The van der Waals surface area contributed by atoms with Crippen LogP contribution in [0.15, 0.2) is 18.2 Å². The zero-order valence-corrected chi connectivity index (χ0v) is 15.8. The van der Waals surface area contributed by atoms with Gasteiger partial charge >= 0.3 is 0 Å². The van der Waals surface area contributed by atoms with E-state index in [0.29, 0.717) is 13.0 Å². The molecule has 0 radical (unpaired) electrons. The van der Waals surface area contributed by atoms with Crippen molar-refractivity contribution in [3.63, 3.8) is 0 Å². The molecular formula is C19H34N4O. The maximum atomic E-state index is 12.0. The smallest absolute Gasteiger partial charge is 0.220 e. The maximum Gasteiger partial charge on any atom is 0.220 e. The summed E-state index contributed by atoms with van der Waals surface area (Å²) < 4.78 is 0. The Balaban J connectivity index is 2.44. The third kappa shape index (κ3) is 6.40. The number of nitrogens with zero attached hydrogens (tertiary/aromatic N) is 2. The molecule has 5 heteroatoms. The predicted octanol–water partition coefficient (Wildman–Crippen LogP) is 2.51. The zero-order chi connectivity index (χ0) is 17.9. The fourth-order valence-electron chi connectivity index (χ4n) is 2.85. The molecule has 0 saturated heterocycles. The number of aryl methyl sites for hydroxylation is 1. The first-order valence-corrected chi connectivity index (χ1v) is 9.17. The van der Waals surface area contributed by atoms with Crippen LogP contribution in [0.25, 0.3) is 0 Å². The lowest BCUT2D eigenvalue weighted by Gasteiger charge is -2.23. The van der Waals surface area contributed by atoms with Crippen molar-refractivity contribution in [1.82, 2.24) is 10.2 Å². The second-order valence-electron chi connectivity index (χ2n) is 5.94. The van der Waals surface area contributed by atoms with E-state index in [0.717, 1.165) is 56.1 Å². The van der Waals surface area contributed by atoms with E-state index in [-0.39, 0.29) is 5.91 Å². The number of anilines is 2. The van der Waals surface area contributed by atoms with Crippen molar-refractivity contribution >= 4 is 17.3 Å². The van der Waals surface area contributed by atoms with Crippen molar-refractivity contribution in [2.45, 2.75) is 40.5 Å². The molecule has 136 valence electrons. The molecule has 24 heavy (non-hydrogen) atoms. The first-order valence-electron chi connectivity index (χ1n) is 9.17. The van der Waals surface area contributed by atoms with Crippen molar-refractivity contribution in [3.05, 3.63) is 23.8 Å². The molecule has 0 fully saturated rings. The number of hydrogen-bond donors (Lipinski definition) is 2. The summed E-state index contributed by atoms with van der Waals surface area (Å²) in [5.41, 5.74) is 9.16. The van der Waals surface area contributed by atoms with Gasteiger partial charge in [0.25, 0.3) is 0 Å². The van der Waals surface area contributed by atoms with Gasteiger partial charge in [0, 0.05) is 32.6 Å². The molecule has 0 aliphatic heterocycles. The standard InChI is InChI=1S/C19H34N4O/c1-5-22(6-2)14-13-21-19(24)12-10-16-9-11-18(17(20)15-16)23(7-3)8-4/h9,11,15H,5-8,10,12-14,20H2,1-4H3,(H,21,24). The third-order valence-electron chi connectivity index (χ3n) is 4.48. The Labute approximate surface area is 147 Å². The quantitative estimate of drug-likeness (QED) is 0.611. The molecule has 0 bridgehead atoms. The van der Waals surface area contributed by atoms with Gasteiger partial charge in [0.2, 0.25) is 5.91 Å². The topological polar surface area (TPSA) is 61.6 Å². The van der Waals surface area contributed by atoms with Crippen LogP contribution in [0.1, 0.15) is 39.7 Å². The molecular weight excluding hydrogens is 300 g/mol. The van der Waals surface area contributed by atoms with Crippen LogP contribution in [-0.4, -0.2) is 50.1 Å². The Kier molecular flexibility index (Phi) is 9.23. The van der Waals surface area contributed by atoms with Crippen LogP contribution in [0.4, 0.5) is 11.4 Å². The summed E-state index contributed by atoms with van der Waals surface area (Å²) in [6, 6.07) is 6.14. The van der Waals surface area contributed by atoms with Crippen LogP contribution < -0.4 is 16.0 Å². The Morgan fingerprint density at radius 3 is 2.29 bits per heavy atom. The average molecular weight is 335 g/mol. The average Bonchev–Trinajstić information content (AvgIpc) is 2.59. The molecule has 1 amide bonds.